The number of nitrogens with zero attached hydrogens (tertiary/aromatic N) is 4. The molecule has 0 fully saturated rings. The van der Waals surface area contributed by atoms with Crippen LogP contribution in [0, 0.1) is 0 Å². The van der Waals surface area contributed by atoms with Crippen molar-refractivity contribution < 1.29 is 17.9 Å². The van der Waals surface area contributed by atoms with Gasteiger partial charge in [0, 0.05) is 17.3 Å². The Morgan fingerprint density at radius 3 is 2.56 bits per heavy atom. The number of nitrogens with one attached hydrogen (secondary N) is 1. The summed E-state index contributed by atoms with van der Waals surface area (Å²) in [6.07, 6.45) is -1.50. The van der Waals surface area contributed by atoms with Gasteiger partial charge in [0.15, 0.2) is 5.82 Å². The van der Waals surface area contributed by atoms with Gasteiger partial charge in [0.25, 0.3) is 0 Å². The standard InChI is InChI=1S/C17H13ClF3N5O/c1-27-15-7-2-11(17(19,20)21)10-14(15)22-9-8-16-23-24-25-26(16)13-5-3-12(18)4-6-13/h2-10,22H,1H3. The van der Waals surface area contributed by atoms with Crippen molar-refractivity contribution in [2.24, 2.45) is 0 Å². The minimum Gasteiger partial charge on any atom is -0.495 e. The monoisotopic (exact) mass is 395 g/mol. The Morgan fingerprint density at radius 1 is 1.15 bits per heavy atom. The number of tetrazole rings is 1. The number of methoxy groups -OCH3 is 1. The van der Waals surface area contributed by atoms with E-state index >= 15 is 0 Å². The molecule has 10 heteroatoms. The second kappa shape index (κ2) is 7.67. The normalized spacial score (nSPS) is 11.7. The molecule has 1 heterocycles. The van der Waals surface area contributed by atoms with Crippen LogP contribution in [0.1, 0.15) is 11.4 Å². The number of hydrogen-bond acceptors (Lipinski definition) is 5. The maximum absolute atomic E-state index is 12.9. The molecule has 140 valence electrons. The van der Waals surface area contributed by atoms with Gasteiger partial charge in [-0.15, -0.1) is 5.10 Å². The zero-order valence-electron chi connectivity index (χ0n) is 13.9. The summed E-state index contributed by atoms with van der Waals surface area (Å²) in [4.78, 5) is 0. The van der Waals surface area contributed by atoms with Gasteiger partial charge in [-0.05, 0) is 52.9 Å². The molecular formula is C17H13ClF3N5O. The molecule has 0 aliphatic rings. The van der Waals surface area contributed by atoms with Crippen molar-refractivity contribution in [2.45, 2.75) is 6.18 Å². The number of hydrogen-bond donors (Lipinski definition) is 1. The molecule has 27 heavy (non-hydrogen) atoms. The molecular weight excluding hydrogens is 383 g/mol. The Balaban J connectivity index is 1.83. The van der Waals surface area contributed by atoms with Crippen LogP contribution in [-0.2, 0) is 6.18 Å². The van der Waals surface area contributed by atoms with E-state index in [0.29, 0.717) is 16.5 Å². The number of aromatic nitrogens is 4. The lowest BCUT2D eigenvalue weighted by Crippen LogP contribution is -2.06. The summed E-state index contributed by atoms with van der Waals surface area (Å²) in [7, 11) is 1.37. The zero-order valence-corrected chi connectivity index (χ0v) is 14.7. The van der Waals surface area contributed by atoms with Crippen LogP contribution < -0.4 is 10.1 Å². The highest BCUT2D eigenvalue weighted by molar-refractivity contribution is 6.30. The van der Waals surface area contributed by atoms with Gasteiger partial charge in [-0.1, -0.05) is 11.6 Å². The number of anilines is 1. The molecule has 0 bridgehead atoms. The van der Waals surface area contributed by atoms with Crippen molar-refractivity contribution in [1.29, 1.82) is 0 Å². The zero-order chi connectivity index (χ0) is 19.4. The maximum atomic E-state index is 12.9. The molecule has 6 nitrogen and oxygen atoms in total. The maximum Gasteiger partial charge on any atom is 0.416 e. The Labute approximate surface area is 157 Å². The SMILES string of the molecule is COc1ccc(C(F)(F)F)cc1NC=Cc1nnnn1-c1ccc(Cl)cc1. The number of halogens is 4. The molecule has 1 N–H and O–H groups in total. The van der Waals surface area contributed by atoms with Gasteiger partial charge >= 0.3 is 6.18 Å². The third-order valence-electron chi connectivity index (χ3n) is 3.56. The smallest absolute Gasteiger partial charge is 0.416 e. The molecule has 0 saturated carbocycles. The second-order valence-corrected chi connectivity index (χ2v) is 5.75. The van der Waals surface area contributed by atoms with E-state index in [-0.39, 0.29) is 11.4 Å². The van der Waals surface area contributed by atoms with Crippen molar-refractivity contribution in [2.75, 3.05) is 12.4 Å². The molecule has 0 unspecified atom stereocenters. The highest BCUT2D eigenvalue weighted by Crippen LogP contribution is 2.34. The lowest BCUT2D eigenvalue weighted by molar-refractivity contribution is -0.137. The molecule has 0 spiro atoms. The van der Waals surface area contributed by atoms with E-state index in [1.165, 1.54) is 30.1 Å². The third-order valence-corrected chi connectivity index (χ3v) is 3.81. The highest BCUT2D eigenvalue weighted by atomic mass is 35.5. The Bertz CT molecular complexity index is 954. The lowest BCUT2D eigenvalue weighted by Gasteiger charge is -2.12. The quantitative estimate of drug-likeness (QED) is 0.692. The minimum absolute atomic E-state index is 0.161. The lowest BCUT2D eigenvalue weighted by atomic mass is 10.2. The van der Waals surface area contributed by atoms with E-state index in [9.17, 15) is 13.2 Å². The number of alkyl halides is 3. The highest BCUT2D eigenvalue weighted by Gasteiger charge is 2.31. The van der Waals surface area contributed by atoms with E-state index in [1.807, 2.05) is 0 Å². The predicted molar refractivity (Wildman–Crippen MR) is 94.8 cm³/mol. The van der Waals surface area contributed by atoms with Crippen molar-refractivity contribution in [3.8, 4) is 11.4 Å². The second-order valence-electron chi connectivity index (χ2n) is 5.32. The Morgan fingerprint density at radius 2 is 1.89 bits per heavy atom. The fraction of sp³-hybridized carbons (Fsp3) is 0.118. The van der Waals surface area contributed by atoms with Crippen LogP contribution in [-0.4, -0.2) is 27.3 Å². The molecule has 0 aliphatic carbocycles. The van der Waals surface area contributed by atoms with Gasteiger partial charge in [-0.3, -0.25) is 0 Å². The topological polar surface area (TPSA) is 64.9 Å². The molecule has 3 rings (SSSR count). The molecule has 1 aromatic heterocycles. The summed E-state index contributed by atoms with van der Waals surface area (Å²) >= 11 is 5.86. The number of ether oxygens (including phenoxy) is 1. The summed E-state index contributed by atoms with van der Waals surface area (Å²) in [6, 6.07) is 10.0. The van der Waals surface area contributed by atoms with Gasteiger partial charge < -0.3 is 10.1 Å². The van der Waals surface area contributed by atoms with Crippen molar-refractivity contribution >= 4 is 23.4 Å². The average molecular weight is 396 g/mol. The molecule has 2 aromatic carbocycles. The first-order valence-electron chi connectivity index (χ1n) is 7.61. The first-order valence-corrected chi connectivity index (χ1v) is 7.99. The molecule has 0 atom stereocenters. The summed E-state index contributed by atoms with van der Waals surface area (Å²) in [6.45, 7) is 0. The van der Waals surface area contributed by atoms with Crippen LogP contribution in [0.2, 0.25) is 5.02 Å². The largest absolute Gasteiger partial charge is 0.495 e. The van der Waals surface area contributed by atoms with Gasteiger partial charge in [0.2, 0.25) is 0 Å². The van der Waals surface area contributed by atoms with E-state index in [0.717, 1.165) is 12.1 Å². The summed E-state index contributed by atoms with van der Waals surface area (Å²) in [5.41, 5.74) is 0.0555. The van der Waals surface area contributed by atoms with Gasteiger partial charge in [0.05, 0.1) is 24.0 Å². The summed E-state index contributed by atoms with van der Waals surface area (Å²) in [5, 5.41) is 14.7. The third kappa shape index (κ3) is 4.37. The fourth-order valence-corrected chi connectivity index (χ4v) is 2.39. The summed E-state index contributed by atoms with van der Waals surface area (Å²) < 4.78 is 45.2. The number of rotatable bonds is 5. The Hall–Kier alpha value is -3.07. The molecule has 0 aliphatic heterocycles. The van der Waals surface area contributed by atoms with E-state index in [4.69, 9.17) is 16.3 Å². The summed E-state index contributed by atoms with van der Waals surface area (Å²) in [5.74, 6) is 0.640. The van der Waals surface area contributed by atoms with Crippen LogP contribution in [0.4, 0.5) is 18.9 Å². The van der Waals surface area contributed by atoms with Gasteiger partial charge in [-0.25, -0.2) is 0 Å². The first-order chi connectivity index (χ1) is 12.9. The van der Waals surface area contributed by atoms with Crippen molar-refractivity contribution in [3.05, 3.63) is 65.1 Å². The van der Waals surface area contributed by atoms with Crippen molar-refractivity contribution in [3.63, 3.8) is 0 Å². The first kappa shape index (κ1) is 18.7. The minimum atomic E-state index is -4.45. The van der Waals surface area contributed by atoms with Crippen LogP contribution in [0.15, 0.2) is 48.7 Å². The van der Waals surface area contributed by atoms with Crippen LogP contribution in [0.3, 0.4) is 0 Å². The predicted octanol–water partition coefficient (Wildman–Crippen LogP) is 4.43. The van der Waals surface area contributed by atoms with Crippen LogP contribution in [0.5, 0.6) is 5.75 Å². The molecule has 3 aromatic rings. The Kier molecular flexibility index (Phi) is 5.31. The van der Waals surface area contributed by atoms with Gasteiger partial charge in [0.1, 0.15) is 5.75 Å². The van der Waals surface area contributed by atoms with Gasteiger partial charge in [-0.2, -0.15) is 17.9 Å². The van der Waals surface area contributed by atoms with Crippen LogP contribution in [0.25, 0.3) is 11.8 Å². The number of benzene rings is 2. The molecule has 0 saturated heterocycles. The van der Waals surface area contributed by atoms with Crippen LogP contribution >= 0.6 is 11.6 Å². The van der Waals surface area contributed by atoms with E-state index in [2.05, 4.69) is 20.8 Å². The van der Waals surface area contributed by atoms with E-state index in [1.54, 1.807) is 24.3 Å². The fourth-order valence-electron chi connectivity index (χ4n) is 2.27. The molecule has 0 radical (unpaired) electrons. The van der Waals surface area contributed by atoms with Crippen molar-refractivity contribution in [1.82, 2.24) is 20.2 Å². The average Bonchev–Trinajstić information content (AvgIpc) is 3.10. The molecule has 0 amide bonds. The van der Waals surface area contributed by atoms with E-state index < -0.39 is 11.7 Å².